The number of benzene rings is 2. The van der Waals surface area contributed by atoms with E-state index in [1.807, 2.05) is 104 Å². The number of aromatic nitrogens is 1. The molecule has 0 bridgehead atoms. The Bertz CT molecular complexity index is 895. The summed E-state index contributed by atoms with van der Waals surface area (Å²) in [6.45, 7) is 0. The molecule has 3 rings (SSSR count). The molecule has 130 valence electrons. The molecule has 6 nitrogen and oxygen atoms in total. The quantitative estimate of drug-likeness (QED) is 0.451. The minimum atomic E-state index is 0.771. The summed E-state index contributed by atoms with van der Waals surface area (Å²) in [5.41, 5.74) is 4.30. The van der Waals surface area contributed by atoms with Crippen LogP contribution in [0.1, 0.15) is 0 Å². The van der Waals surface area contributed by atoms with Crippen molar-refractivity contribution in [2.75, 3.05) is 19.0 Å². The molecule has 0 spiro atoms. The van der Waals surface area contributed by atoms with Crippen molar-refractivity contribution in [3.05, 3.63) is 73.1 Å². The first-order valence-corrected chi connectivity index (χ1v) is 8.26. The number of hydrogen-bond donors (Lipinski definition) is 0. The normalized spacial score (nSPS) is 11.3. The minimum Gasteiger partial charge on any atom is -0.378 e. The monoisotopic (exact) mass is 345 g/mol. The summed E-state index contributed by atoms with van der Waals surface area (Å²) in [6.07, 6.45) is 3.87. The summed E-state index contributed by atoms with van der Waals surface area (Å²) >= 11 is 0. The maximum Gasteiger partial charge on any atom is 0.170 e. The van der Waals surface area contributed by atoms with E-state index in [1.165, 1.54) is 0 Å². The highest BCUT2D eigenvalue weighted by Gasteiger charge is 1.97. The largest absolute Gasteiger partial charge is 0.378 e. The lowest BCUT2D eigenvalue weighted by Gasteiger charge is -2.11. The zero-order valence-electron chi connectivity index (χ0n) is 15.1. The van der Waals surface area contributed by atoms with Crippen molar-refractivity contribution in [3.8, 4) is 0 Å². The summed E-state index contributed by atoms with van der Waals surface area (Å²) in [5, 5.41) is 17.0. The van der Waals surface area contributed by atoms with Crippen LogP contribution in [-0.2, 0) is 7.05 Å². The van der Waals surface area contributed by atoms with Crippen LogP contribution in [-0.4, -0.2) is 14.1 Å². The molecule has 0 atom stereocenters. The smallest absolute Gasteiger partial charge is 0.170 e. The van der Waals surface area contributed by atoms with Crippen LogP contribution in [0.2, 0.25) is 0 Å². The Hall–Kier alpha value is -3.41. The topological polar surface area (TPSA) is 56.6 Å². The third-order valence-electron chi connectivity index (χ3n) is 3.74. The Morgan fingerprint density at radius 1 is 0.577 bits per heavy atom. The van der Waals surface area contributed by atoms with Gasteiger partial charge >= 0.3 is 0 Å². The number of rotatable bonds is 5. The highest BCUT2D eigenvalue weighted by molar-refractivity contribution is 5.52. The van der Waals surface area contributed by atoms with Crippen LogP contribution in [0.15, 0.2) is 93.5 Å². The van der Waals surface area contributed by atoms with Gasteiger partial charge in [-0.25, -0.2) is 4.57 Å². The first-order valence-electron chi connectivity index (χ1n) is 8.26. The van der Waals surface area contributed by atoms with Gasteiger partial charge in [0, 0.05) is 31.9 Å². The first kappa shape index (κ1) is 17.4. The van der Waals surface area contributed by atoms with E-state index in [9.17, 15) is 0 Å². The van der Waals surface area contributed by atoms with Gasteiger partial charge in [-0.2, -0.15) is 20.5 Å². The van der Waals surface area contributed by atoms with Gasteiger partial charge in [0.05, 0.1) is 22.7 Å². The molecule has 0 aliphatic rings. The second-order valence-electron chi connectivity index (χ2n) is 6.05. The van der Waals surface area contributed by atoms with Crippen LogP contribution in [0.3, 0.4) is 0 Å². The van der Waals surface area contributed by atoms with Gasteiger partial charge in [0.15, 0.2) is 12.4 Å². The van der Waals surface area contributed by atoms with Crippen LogP contribution in [0.4, 0.5) is 28.4 Å². The molecule has 1 heterocycles. The predicted octanol–water partition coefficient (Wildman–Crippen LogP) is 5.41. The van der Waals surface area contributed by atoms with Gasteiger partial charge in [-0.05, 0) is 48.5 Å². The van der Waals surface area contributed by atoms with Crippen molar-refractivity contribution in [3.63, 3.8) is 0 Å². The van der Waals surface area contributed by atoms with E-state index in [1.54, 1.807) is 0 Å². The number of anilines is 1. The molecule has 0 amide bonds. The SMILES string of the molecule is CN(C)c1ccc(N=Nc2ccc(N=Nc3cc[n+](C)cc3)cc2)cc1. The van der Waals surface area contributed by atoms with E-state index in [-0.39, 0.29) is 0 Å². The second kappa shape index (κ2) is 8.11. The Balaban J connectivity index is 1.64. The van der Waals surface area contributed by atoms with Crippen LogP contribution in [0, 0.1) is 0 Å². The molecule has 0 saturated heterocycles. The lowest BCUT2D eigenvalue weighted by Crippen LogP contribution is -2.25. The molecule has 0 N–H and O–H groups in total. The molecule has 0 radical (unpaired) electrons. The number of nitrogens with zero attached hydrogens (tertiary/aromatic N) is 6. The molecular weight excluding hydrogens is 324 g/mol. The molecule has 0 fully saturated rings. The highest BCUT2D eigenvalue weighted by atomic mass is 15.1. The summed E-state index contributed by atoms with van der Waals surface area (Å²) < 4.78 is 1.95. The van der Waals surface area contributed by atoms with Gasteiger partial charge in [-0.1, -0.05) is 0 Å². The Morgan fingerprint density at radius 3 is 1.31 bits per heavy atom. The average Bonchev–Trinajstić information content (AvgIpc) is 2.67. The Morgan fingerprint density at radius 2 is 0.923 bits per heavy atom. The van der Waals surface area contributed by atoms with Crippen LogP contribution < -0.4 is 9.47 Å². The van der Waals surface area contributed by atoms with Crippen molar-refractivity contribution in [2.45, 2.75) is 0 Å². The number of aryl methyl sites for hydroxylation is 1. The summed E-state index contributed by atoms with van der Waals surface area (Å²) in [7, 11) is 5.98. The fraction of sp³-hybridized carbons (Fsp3) is 0.150. The van der Waals surface area contributed by atoms with Crippen molar-refractivity contribution >= 4 is 28.4 Å². The molecule has 2 aromatic carbocycles. The number of azo groups is 2. The lowest BCUT2D eigenvalue weighted by atomic mass is 10.3. The maximum absolute atomic E-state index is 4.26. The van der Waals surface area contributed by atoms with Crippen molar-refractivity contribution < 1.29 is 4.57 Å². The first-order chi connectivity index (χ1) is 12.6. The zero-order chi connectivity index (χ0) is 18.4. The van der Waals surface area contributed by atoms with E-state index in [0.29, 0.717) is 0 Å². The maximum atomic E-state index is 4.26. The van der Waals surface area contributed by atoms with Gasteiger partial charge in [0.25, 0.3) is 0 Å². The van der Waals surface area contributed by atoms with Gasteiger partial charge in [0.1, 0.15) is 7.05 Å². The third kappa shape index (κ3) is 4.80. The van der Waals surface area contributed by atoms with Crippen LogP contribution in [0.5, 0.6) is 0 Å². The number of pyridine rings is 1. The highest BCUT2D eigenvalue weighted by Crippen LogP contribution is 2.24. The van der Waals surface area contributed by atoms with Gasteiger partial charge < -0.3 is 4.90 Å². The Labute approximate surface area is 153 Å². The third-order valence-corrected chi connectivity index (χ3v) is 3.74. The molecular formula is C20H21N6+. The van der Waals surface area contributed by atoms with Gasteiger partial charge in [-0.3, -0.25) is 0 Å². The molecule has 0 unspecified atom stereocenters. The molecule has 1 aromatic heterocycles. The van der Waals surface area contributed by atoms with Crippen LogP contribution in [0.25, 0.3) is 0 Å². The Kier molecular flexibility index (Phi) is 5.43. The summed E-state index contributed by atoms with van der Waals surface area (Å²) in [4.78, 5) is 2.05. The summed E-state index contributed by atoms with van der Waals surface area (Å²) in [5.74, 6) is 0. The second-order valence-corrected chi connectivity index (χ2v) is 6.05. The molecule has 26 heavy (non-hydrogen) atoms. The number of hydrogen-bond acceptors (Lipinski definition) is 5. The standard InChI is InChI=1S/C20H21N6/c1-25(2)20-10-8-18(9-11-20)23-21-16-4-6-17(7-5-16)22-24-19-12-14-26(3)15-13-19/h4-15H,1-3H3/q+1. The molecule has 6 heteroatoms. The van der Waals surface area contributed by atoms with E-state index in [2.05, 4.69) is 20.5 Å². The predicted molar refractivity (Wildman–Crippen MR) is 103 cm³/mol. The van der Waals surface area contributed by atoms with Crippen molar-refractivity contribution in [1.82, 2.24) is 0 Å². The van der Waals surface area contributed by atoms with E-state index >= 15 is 0 Å². The molecule has 0 aliphatic carbocycles. The molecule has 3 aromatic rings. The van der Waals surface area contributed by atoms with Crippen molar-refractivity contribution in [2.24, 2.45) is 27.5 Å². The minimum absolute atomic E-state index is 0.771. The fourth-order valence-corrected chi connectivity index (χ4v) is 2.19. The summed E-state index contributed by atoms with van der Waals surface area (Å²) in [6, 6.07) is 19.2. The van der Waals surface area contributed by atoms with E-state index in [4.69, 9.17) is 0 Å². The lowest BCUT2D eigenvalue weighted by molar-refractivity contribution is -0.671. The van der Waals surface area contributed by atoms with Crippen LogP contribution >= 0.6 is 0 Å². The molecule has 0 saturated carbocycles. The van der Waals surface area contributed by atoms with E-state index in [0.717, 1.165) is 28.4 Å². The average molecular weight is 345 g/mol. The zero-order valence-corrected chi connectivity index (χ0v) is 15.1. The van der Waals surface area contributed by atoms with E-state index < -0.39 is 0 Å². The molecule has 0 aliphatic heterocycles. The van der Waals surface area contributed by atoms with Gasteiger partial charge in [0.2, 0.25) is 0 Å². The van der Waals surface area contributed by atoms with Gasteiger partial charge in [-0.15, -0.1) is 0 Å². The fourth-order valence-electron chi connectivity index (χ4n) is 2.19. The van der Waals surface area contributed by atoms with Crippen molar-refractivity contribution in [1.29, 1.82) is 0 Å².